The molecule has 1 rings (SSSR count). The van der Waals surface area contributed by atoms with E-state index in [4.69, 9.17) is 5.11 Å². The summed E-state index contributed by atoms with van der Waals surface area (Å²) >= 11 is 0. The lowest BCUT2D eigenvalue weighted by Gasteiger charge is -2.33. The van der Waals surface area contributed by atoms with Crippen molar-refractivity contribution in [3.05, 3.63) is 0 Å². The number of carboxylic acids is 1. The van der Waals surface area contributed by atoms with Gasteiger partial charge in [0, 0.05) is 12.6 Å². The molecule has 92 valence electrons. The number of amides is 1. The largest absolute Gasteiger partial charge is 0.480 e. The van der Waals surface area contributed by atoms with Crippen LogP contribution in [0.25, 0.3) is 0 Å². The van der Waals surface area contributed by atoms with Crippen LogP contribution in [0.3, 0.4) is 0 Å². The minimum Gasteiger partial charge on any atom is -0.480 e. The summed E-state index contributed by atoms with van der Waals surface area (Å²) in [7, 11) is 0. The molecule has 0 radical (unpaired) electrons. The summed E-state index contributed by atoms with van der Waals surface area (Å²) in [6, 6.07) is -0.396. The second kappa shape index (κ2) is 5.84. The minimum absolute atomic E-state index is 0.000278. The Morgan fingerprint density at radius 1 is 1.50 bits per heavy atom. The van der Waals surface area contributed by atoms with Crippen LogP contribution in [0.1, 0.15) is 33.1 Å². The quantitative estimate of drug-likeness (QED) is 0.733. The van der Waals surface area contributed by atoms with E-state index in [0.717, 1.165) is 19.4 Å². The van der Waals surface area contributed by atoms with Crippen molar-refractivity contribution in [2.24, 2.45) is 0 Å². The van der Waals surface area contributed by atoms with Crippen molar-refractivity contribution in [1.29, 1.82) is 0 Å². The van der Waals surface area contributed by atoms with Crippen molar-refractivity contribution in [3.8, 4) is 0 Å². The molecule has 0 aliphatic carbocycles. The number of nitrogens with one attached hydrogen (secondary N) is 1. The van der Waals surface area contributed by atoms with Crippen molar-refractivity contribution >= 4 is 11.9 Å². The lowest BCUT2D eigenvalue weighted by molar-refractivity contribution is -0.139. The zero-order valence-electron chi connectivity index (χ0n) is 9.90. The first-order chi connectivity index (χ1) is 7.52. The molecule has 0 spiro atoms. The number of carboxylic acid groups (broad SMARTS) is 1. The van der Waals surface area contributed by atoms with Gasteiger partial charge in [0.15, 0.2) is 0 Å². The van der Waals surface area contributed by atoms with Gasteiger partial charge in [-0.2, -0.15) is 0 Å². The third kappa shape index (κ3) is 3.48. The molecule has 2 atom stereocenters. The Hall–Kier alpha value is -1.10. The highest BCUT2D eigenvalue weighted by Crippen LogP contribution is 2.15. The summed E-state index contributed by atoms with van der Waals surface area (Å²) in [5, 5.41) is 11.4. The van der Waals surface area contributed by atoms with Crippen LogP contribution < -0.4 is 5.32 Å². The first-order valence-electron chi connectivity index (χ1n) is 5.78. The number of likely N-dealkylation sites (tertiary alicyclic amines) is 1. The van der Waals surface area contributed by atoms with Crippen LogP contribution in [-0.4, -0.2) is 47.1 Å². The molecule has 0 bridgehead atoms. The molecule has 1 fully saturated rings. The van der Waals surface area contributed by atoms with E-state index in [-0.39, 0.29) is 18.5 Å². The van der Waals surface area contributed by atoms with Crippen molar-refractivity contribution in [1.82, 2.24) is 10.2 Å². The fraction of sp³-hybridized carbons (Fsp3) is 0.818. The minimum atomic E-state index is -0.931. The zero-order valence-corrected chi connectivity index (χ0v) is 9.90. The summed E-state index contributed by atoms with van der Waals surface area (Å²) in [6.45, 7) is 4.48. The van der Waals surface area contributed by atoms with Gasteiger partial charge in [-0.3, -0.25) is 14.9 Å². The predicted molar refractivity (Wildman–Crippen MR) is 60.1 cm³/mol. The molecule has 1 aliphatic heterocycles. The van der Waals surface area contributed by atoms with E-state index in [0.29, 0.717) is 0 Å². The van der Waals surface area contributed by atoms with Gasteiger partial charge in [0.05, 0.1) is 6.54 Å². The predicted octanol–water partition coefficient (Wildman–Crippen LogP) is 0.450. The van der Waals surface area contributed by atoms with E-state index < -0.39 is 12.0 Å². The van der Waals surface area contributed by atoms with E-state index in [1.54, 1.807) is 0 Å². The Kier molecular flexibility index (Phi) is 4.73. The SMILES string of the molecule is CC1CCCCN1C(=O)CN[C@@H](C)C(=O)O. The Morgan fingerprint density at radius 2 is 2.19 bits per heavy atom. The van der Waals surface area contributed by atoms with Crippen LogP contribution in [0.2, 0.25) is 0 Å². The van der Waals surface area contributed by atoms with E-state index >= 15 is 0 Å². The highest BCUT2D eigenvalue weighted by Gasteiger charge is 2.23. The van der Waals surface area contributed by atoms with E-state index in [9.17, 15) is 9.59 Å². The van der Waals surface area contributed by atoms with E-state index in [1.807, 2.05) is 11.8 Å². The molecule has 2 N–H and O–H groups in total. The molecular weight excluding hydrogens is 208 g/mol. The maximum atomic E-state index is 11.8. The molecule has 0 aromatic carbocycles. The first kappa shape index (κ1) is 13.0. The van der Waals surface area contributed by atoms with Gasteiger partial charge in [-0.15, -0.1) is 0 Å². The lowest BCUT2D eigenvalue weighted by Crippen LogP contribution is -2.48. The molecule has 5 nitrogen and oxygen atoms in total. The number of hydrogen-bond donors (Lipinski definition) is 2. The second-order valence-corrected chi connectivity index (χ2v) is 4.37. The van der Waals surface area contributed by atoms with Gasteiger partial charge in [-0.1, -0.05) is 0 Å². The molecule has 1 unspecified atom stereocenters. The Labute approximate surface area is 95.8 Å². The number of rotatable bonds is 4. The molecule has 16 heavy (non-hydrogen) atoms. The van der Waals surface area contributed by atoms with Crippen LogP contribution in [-0.2, 0) is 9.59 Å². The second-order valence-electron chi connectivity index (χ2n) is 4.37. The van der Waals surface area contributed by atoms with Crippen molar-refractivity contribution < 1.29 is 14.7 Å². The monoisotopic (exact) mass is 228 g/mol. The summed E-state index contributed by atoms with van der Waals surface area (Å²) in [6.07, 6.45) is 3.26. The molecule has 5 heteroatoms. The van der Waals surface area contributed by atoms with Crippen LogP contribution in [0.5, 0.6) is 0 Å². The maximum absolute atomic E-state index is 11.8. The van der Waals surface area contributed by atoms with Gasteiger partial charge in [0.1, 0.15) is 6.04 Å². The van der Waals surface area contributed by atoms with Gasteiger partial charge in [-0.25, -0.2) is 0 Å². The fourth-order valence-corrected chi connectivity index (χ4v) is 1.90. The maximum Gasteiger partial charge on any atom is 0.320 e. The Morgan fingerprint density at radius 3 is 2.75 bits per heavy atom. The average molecular weight is 228 g/mol. The Bertz CT molecular complexity index is 268. The van der Waals surface area contributed by atoms with Crippen molar-refractivity contribution in [3.63, 3.8) is 0 Å². The third-order valence-corrected chi connectivity index (χ3v) is 3.05. The Balaban J connectivity index is 2.36. The third-order valence-electron chi connectivity index (χ3n) is 3.05. The summed E-state index contributed by atoms with van der Waals surface area (Å²) in [5.74, 6) is -0.931. The molecule has 0 aromatic heterocycles. The number of hydrogen-bond acceptors (Lipinski definition) is 3. The van der Waals surface area contributed by atoms with Crippen LogP contribution in [0.4, 0.5) is 0 Å². The van der Waals surface area contributed by atoms with Gasteiger partial charge in [0.2, 0.25) is 5.91 Å². The molecule has 1 aliphatic rings. The summed E-state index contributed by atoms with van der Waals surface area (Å²) in [5.41, 5.74) is 0. The standard InChI is InChI=1S/C11H20N2O3/c1-8-5-3-4-6-13(8)10(14)7-12-9(2)11(15)16/h8-9,12H,3-7H2,1-2H3,(H,15,16)/t8?,9-/m0/s1. The first-order valence-corrected chi connectivity index (χ1v) is 5.78. The molecular formula is C11H20N2O3. The summed E-state index contributed by atoms with van der Waals surface area (Å²) < 4.78 is 0. The van der Waals surface area contributed by atoms with E-state index in [2.05, 4.69) is 5.32 Å². The fourth-order valence-electron chi connectivity index (χ4n) is 1.90. The highest BCUT2D eigenvalue weighted by molar-refractivity contribution is 5.80. The highest BCUT2D eigenvalue weighted by atomic mass is 16.4. The summed E-state index contributed by atoms with van der Waals surface area (Å²) in [4.78, 5) is 24.2. The lowest BCUT2D eigenvalue weighted by atomic mass is 10.0. The van der Waals surface area contributed by atoms with Gasteiger partial charge in [-0.05, 0) is 33.1 Å². The topological polar surface area (TPSA) is 69.6 Å². The van der Waals surface area contributed by atoms with Crippen LogP contribution in [0, 0.1) is 0 Å². The van der Waals surface area contributed by atoms with Crippen molar-refractivity contribution in [2.45, 2.75) is 45.2 Å². The molecule has 0 saturated carbocycles. The normalized spacial score (nSPS) is 22.9. The molecule has 1 heterocycles. The van der Waals surface area contributed by atoms with Crippen molar-refractivity contribution in [2.75, 3.05) is 13.1 Å². The zero-order chi connectivity index (χ0) is 12.1. The smallest absolute Gasteiger partial charge is 0.320 e. The van der Waals surface area contributed by atoms with Crippen LogP contribution in [0.15, 0.2) is 0 Å². The van der Waals surface area contributed by atoms with Gasteiger partial charge in [0.25, 0.3) is 0 Å². The average Bonchev–Trinajstić information content (AvgIpc) is 2.25. The van der Waals surface area contributed by atoms with Crippen LogP contribution >= 0.6 is 0 Å². The number of aliphatic carboxylic acids is 1. The number of nitrogens with zero attached hydrogens (tertiary/aromatic N) is 1. The molecule has 0 aromatic rings. The number of piperidine rings is 1. The van der Waals surface area contributed by atoms with E-state index in [1.165, 1.54) is 13.3 Å². The molecule has 1 amide bonds. The number of carbonyl (C=O) groups is 2. The van der Waals surface area contributed by atoms with Gasteiger partial charge >= 0.3 is 5.97 Å². The van der Waals surface area contributed by atoms with Gasteiger partial charge < -0.3 is 10.0 Å². The molecule has 1 saturated heterocycles. The number of carbonyl (C=O) groups excluding carboxylic acids is 1.